The molecular formula is C17H20N2O5S2. The van der Waals surface area contributed by atoms with Crippen molar-refractivity contribution in [2.24, 2.45) is 0 Å². The summed E-state index contributed by atoms with van der Waals surface area (Å²) in [6.45, 7) is 3.70. The second kappa shape index (κ2) is 7.98. The van der Waals surface area contributed by atoms with Crippen LogP contribution in [-0.2, 0) is 16.6 Å². The van der Waals surface area contributed by atoms with Crippen molar-refractivity contribution in [2.75, 3.05) is 7.05 Å². The fraction of sp³-hybridized carbons (Fsp3) is 0.294. The molecule has 1 amide bonds. The summed E-state index contributed by atoms with van der Waals surface area (Å²) in [5.74, 6) is -1.45. The van der Waals surface area contributed by atoms with E-state index < -0.39 is 21.9 Å². The molecule has 1 aromatic carbocycles. The lowest BCUT2D eigenvalue weighted by atomic mass is 10.2. The largest absolute Gasteiger partial charge is 0.477 e. The first kappa shape index (κ1) is 20.1. The van der Waals surface area contributed by atoms with Crippen LogP contribution in [0, 0.1) is 0 Å². The van der Waals surface area contributed by atoms with Gasteiger partial charge < -0.3 is 10.4 Å². The predicted molar refractivity (Wildman–Crippen MR) is 99.0 cm³/mol. The second-order valence-electron chi connectivity index (χ2n) is 5.90. The SMILES string of the molecule is CC(C)N(C)S(=O)(=O)c1cccc(C(=O)NCc2ccc(C(=O)O)s2)c1. The number of thiophene rings is 1. The summed E-state index contributed by atoms with van der Waals surface area (Å²) in [5, 5.41) is 11.6. The number of nitrogens with one attached hydrogen (secondary N) is 1. The molecule has 2 rings (SSSR count). The van der Waals surface area contributed by atoms with E-state index in [9.17, 15) is 18.0 Å². The van der Waals surface area contributed by atoms with Crippen molar-refractivity contribution in [3.05, 3.63) is 51.7 Å². The van der Waals surface area contributed by atoms with Crippen LogP contribution in [0.15, 0.2) is 41.3 Å². The Morgan fingerprint density at radius 3 is 2.50 bits per heavy atom. The average molecular weight is 396 g/mol. The summed E-state index contributed by atoms with van der Waals surface area (Å²) < 4.78 is 26.3. The number of carboxylic acids is 1. The van der Waals surface area contributed by atoms with E-state index in [1.165, 1.54) is 41.7 Å². The maximum atomic E-state index is 12.5. The number of hydrogen-bond donors (Lipinski definition) is 2. The smallest absolute Gasteiger partial charge is 0.345 e. The molecule has 26 heavy (non-hydrogen) atoms. The molecule has 0 bridgehead atoms. The normalized spacial score (nSPS) is 11.7. The molecule has 0 saturated carbocycles. The van der Waals surface area contributed by atoms with Crippen LogP contribution in [0.5, 0.6) is 0 Å². The van der Waals surface area contributed by atoms with Gasteiger partial charge >= 0.3 is 5.97 Å². The first-order chi connectivity index (χ1) is 12.1. The van der Waals surface area contributed by atoms with Crippen molar-refractivity contribution in [1.29, 1.82) is 0 Å². The van der Waals surface area contributed by atoms with Crippen molar-refractivity contribution in [2.45, 2.75) is 31.3 Å². The van der Waals surface area contributed by atoms with Crippen LogP contribution in [0.3, 0.4) is 0 Å². The summed E-state index contributed by atoms with van der Waals surface area (Å²) in [5.41, 5.74) is 0.221. The number of hydrogen-bond acceptors (Lipinski definition) is 5. The van der Waals surface area contributed by atoms with Gasteiger partial charge in [0.25, 0.3) is 5.91 Å². The van der Waals surface area contributed by atoms with Crippen LogP contribution in [-0.4, -0.2) is 42.8 Å². The van der Waals surface area contributed by atoms with Gasteiger partial charge in [0.2, 0.25) is 10.0 Å². The first-order valence-electron chi connectivity index (χ1n) is 7.81. The van der Waals surface area contributed by atoms with Gasteiger partial charge in [0, 0.05) is 23.5 Å². The molecule has 2 N–H and O–H groups in total. The fourth-order valence-electron chi connectivity index (χ4n) is 2.10. The highest BCUT2D eigenvalue weighted by Gasteiger charge is 2.23. The topological polar surface area (TPSA) is 104 Å². The second-order valence-corrected chi connectivity index (χ2v) is 9.06. The Morgan fingerprint density at radius 1 is 1.23 bits per heavy atom. The van der Waals surface area contributed by atoms with Crippen LogP contribution < -0.4 is 5.32 Å². The van der Waals surface area contributed by atoms with Crippen molar-refractivity contribution >= 4 is 33.2 Å². The maximum Gasteiger partial charge on any atom is 0.345 e. The number of benzene rings is 1. The summed E-state index contributed by atoms with van der Waals surface area (Å²) in [7, 11) is -2.19. The molecule has 0 aliphatic rings. The molecule has 0 aliphatic carbocycles. The minimum atomic E-state index is -3.68. The third-order valence-electron chi connectivity index (χ3n) is 3.80. The zero-order chi connectivity index (χ0) is 19.5. The molecule has 140 valence electrons. The van der Waals surface area contributed by atoms with Gasteiger partial charge in [-0.25, -0.2) is 13.2 Å². The van der Waals surface area contributed by atoms with Crippen LogP contribution in [0.1, 0.15) is 38.8 Å². The lowest BCUT2D eigenvalue weighted by molar-refractivity contribution is 0.0702. The molecule has 1 heterocycles. The van der Waals surface area contributed by atoms with Crippen LogP contribution in [0.4, 0.5) is 0 Å². The third kappa shape index (κ3) is 4.48. The Kier molecular flexibility index (Phi) is 6.17. The fourth-order valence-corrected chi connectivity index (χ4v) is 4.30. The number of sulfonamides is 1. The Bertz CT molecular complexity index is 919. The Labute approximate surface area is 156 Å². The summed E-state index contributed by atoms with van der Waals surface area (Å²) in [6.07, 6.45) is 0. The molecule has 1 aromatic heterocycles. The van der Waals surface area contributed by atoms with E-state index in [-0.39, 0.29) is 27.9 Å². The quantitative estimate of drug-likeness (QED) is 0.748. The Morgan fingerprint density at radius 2 is 1.92 bits per heavy atom. The van der Waals surface area contributed by atoms with Crippen molar-refractivity contribution < 1.29 is 23.1 Å². The highest BCUT2D eigenvalue weighted by Crippen LogP contribution is 2.19. The van der Waals surface area contributed by atoms with Crippen molar-refractivity contribution in [1.82, 2.24) is 9.62 Å². The van der Waals surface area contributed by atoms with Crippen molar-refractivity contribution in [3.63, 3.8) is 0 Å². The van der Waals surface area contributed by atoms with E-state index in [4.69, 9.17) is 5.11 Å². The van der Waals surface area contributed by atoms with Gasteiger partial charge in [0.1, 0.15) is 4.88 Å². The first-order valence-corrected chi connectivity index (χ1v) is 10.1. The maximum absolute atomic E-state index is 12.5. The highest BCUT2D eigenvalue weighted by atomic mass is 32.2. The number of carbonyl (C=O) groups excluding carboxylic acids is 1. The van der Waals surface area contributed by atoms with Gasteiger partial charge in [0.15, 0.2) is 0 Å². The van der Waals surface area contributed by atoms with Gasteiger partial charge in [-0.3, -0.25) is 4.79 Å². The molecule has 0 aliphatic heterocycles. The van der Waals surface area contributed by atoms with Crippen molar-refractivity contribution in [3.8, 4) is 0 Å². The van der Waals surface area contributed by atoms with E-state index in [0.29, 0.717) is 4.88 Å². The summed E-state index contributed by atoms with van der Waals surface area (Å²) in [6, 6.07) is 8.73. The monoisotopic (exact) mass is 396 g/mol. The number of carbonyl (C=O) groups is 2. The van der Waals surface area contributed by atoms with Crippen LogP contribution >= 0.6 is 11.3 Å². The zero-order valence-electron chi connectivity index (χ0n) is 14.6. The molecule has 9 heteroatoms. The third-order valence-corrected chi connectivity index (χ3v) is 6.90. The van der Waals surface area contributed by atoms with Crippen LogP contribution in [0.25, 0.3) is 0 Å². The summed E-state index contributed by atoms with van der Waals surface area (Å²) in [4.78, 5) is 24.1. The molecule has 7 nitrogen and oxygen atoms in total. The Balaban J connectivity index is 2.13. The van der Waals surface area contributed by atoms with Gasteiger partial charge in [0.05, 0.1) is 11.4 Å². The predicted octanol–water partition coefficient (Wildman–Crippen LogP) is 2.41. The number of carboxylic acid groups (broad SMARTS) is 1. The zero-order valence-corrected chi connectivity index (χ0v) is 16.2. The van der Waals surface area contributed by atoms with Gasteiger partial charge in [-0.05, 0) is 44.2 Å². The minimum absolute atomic E-state index is 0.0469. The molecule has 0 atom stereocenters. The molecule has 0 radical (unpaired) electrons. The highest BCUT2D eigenvalue weighted by molar-refractivity contribution is 7.89. The van der Waals surface area contributed by atoms with E-state index in [1.54, 1.807) is 19.9 Å². The average Bonchev–Trinajstić information content (AvgIpc) is 3.08. The number of nitrogens with zero attached hydrogens (tertiary/aromatic N) is 1. The summed E-state index contributed by atoms with van der Waals surface area (Å²) >= 11 is 1.08. The molecule has 0 fully saturated rings. The van der Waals surface area contributed by atoms with E-state index in [0.717, 1.165) is 11.3 Å². The molecule has 2 aromatic rings. The number of aromatic carboxylic acids is 1. The van der Waals surface area contributed by atoms with E-state index in [1.807, 2.05) is 0 Å². The molecule has 0 unspecified atom stereocenters. The molecule has 0 saturated heterocycles. The standard InChI is InChI=1S/C17H20N2O5S2/c1-11(2)19(3)26(23,24)14-6-4-5-12(9-14)16(20)18-10-13-7-8-15(25-13)17(21)22/h4-9,11H,10H2,1-3H3,(H,18,20)(H,21,22). The minimum Gasteiger partial charge on any atom is -0.477 e. The van der Waals surface area contributed by atoms with Gasteiger partial charge in [-0.2, -0.15) is 4.31 Å². The number of amides is 1. The van der Waals surface area contributed by atoms with E-state index in [2.05, 4.69) is 5.32 Å². The van der Waals surface area contributed by atoms with Crippen LogP contribution in [0.2, 0.25) is 0 Å². The number of rotatable bonds is 7. The van der Waals surface area contributed by atoms with Gasteiger partial charge in [-0.1, -0.05) is 6.07 Å². The Hall–Kier alpha value is -2.23. The molecule has 0 spiro atoms. The van der Waals surface area contributed by atoms with E-state index >= 15 is 0 Å². The van der Waals surface area contributed by atoms with Gasteiger partial charge in [-0.15, -0.1) is 11.3 Å². The molecular weight excluding hydrogens is 376 g/mol. The lowest BCUT2D eigenvalue weighted by Crippen LogP contribution is -2.33. The lowest BCUT2D eigenvalue weighted by Gasteiger charge is -2.21.